The predicted octanol–water partition coefficient (Wildman–Crippen LogP) is 3.96. The zero-order valence-corrected chi connectivity index (χ0v) is 13.1. The Morgan fingerprint density at radius 2 is 2.06 bits per heavy atom. The van der Waals surface area contributed by atoms with E-state index in [0.717, 1.165) is 31.3 Å². The van der Waals surface area contributed by atoms with Crippen molar-refractivity contribution in [1.82, 2.24) is 0 Å². The molecule has 0 amide bonds. The molecule has 1 aromatic carbocycles. The number of nitrogens with zero attached hydrogens (tertiary/aromatic N) is 1. The predicted molar refractivity (Wildman–Crippen MR) is 79.0 cm³/mol. The first-order valence-corrected chi connectivity index (χ1v) is 7.78. The first kappa shape index (κ1) is 13.4. The highest BCUT2D eigenvalue weighted by atomic mass is 79.9. The molecule has 2 nitrogen and oxygen atoms in total. The second kappa shape index (κ2) is 6.21. The van der Waals surface area contributed by atoms with Gasteiger partial charge in [0.1, 0.15) is 0 Å². The summed E-state index contributed by atoms with van der Waals surface area (Å²) in [5.41, 5.74) is 2.59. The second-order valence-electron chi connectivity index (χ2n) is 4.33. The fraction of sp³-hybridized carbons (Fsp3) is 0.538. The van der Waals surface area contributed by atoms with Crippen LogP contribution in [0, 0.1) is 0 Å². The Morgan fingerprint density at radius 1 is 1.35 bits per heavy atom. The monoisotopic (exact) mass is 361 g/mol. The van der Waals surface area contributed by atoms with Gasteiger partial charge < -0.3 is 9.64 Å². The van der Waals surface area contributed by atoms with Crippen molar-refractivity contribution in [3.05, 3.63) is 28.2 Å². The smallest absolute Gasteiger partial charge is 0.0605 e. The van der Waals surface area contributed by atoms with Crippen molar-refractivity contribution in [1.29, 1.82) is 0 Å². The summed E-state index contributed by atoms with van der Waals surface area (Å²) in [6.07, 6.45) is 2.68. The molecule has 0 aliphatic carbocycles. The van der Waals surface area contributed by atoms with Crippen molar-refractivity contribution in [2.45, 2.75) is 24.3 Å². The van der Waals surface area contributed by atoms with E-state index in [0.29, 0.717) is 6.10 Å². The summed E-state index contributed by atoms with van der Waals surface area (Å²) in [6, 6.07) is 6.59. The molecule has 0 bridgehead atoms. The molecule has 4 heteroatoms. The van der Waals surface area contributed by atoms with Gasteiger partial charge in [0.15, 0.2) is 0 Å². The molecule has 2 rings (SSSR count). The Labute approximate surface area is 120 Å². The fourth-order valence-corrected chi connectivity index (χ4v) is 3.56. The summed E-state index contributed by atoms with van der Waals surface area (Å²) >= 11 is 7.10. The van der Waals surface area contributed by atoms with Crippen LogP contribution in [-0.4, -0.2) is 26.3 Å². The molecular formula is C13H17Br2NO. The van der Waals surface area contributed by atoms with Crippen LogP contribution in [0.5, 0.6) is 0 Å². The lowest BCUT2D eigenvalue weighted by Gasteiger charge is -2.33. The highest BCUT2D eigenvalue weighted by Gasteiger charge is 2.19. The minimum absolute atomic E-state index is 0.441. The minimum atomic E-state index is 0.441. The molecule has 1 aliphatic heterocycles. The first-order chi connectivity index (χ1) is 8.24. The van der Waals surface area contributed by atoms with Gasteiger partial charge in [-0.25, -0.2) is 0 Å². The van der Waals surface area contributed by atoms with Crippen LogP contribution < -0.4 is 4.90 Å². The summed E-state index contributed by atoms with van der Waals surface area (Å²) in [7, 11) is 1.81. The van der Waals surface area contributed by atoms with E-state index in [1.807, 2.05) is 7.11 Å². The number of rotatable bonds is 3. The first-order valence-electron chi connectivity index (χ1n) is 5.86. The fourth-order valence-electron chi connectivity index (χ4n) is 2.19. The van der Waals surface area contributed by atoms with Crippen LogP contribution in [0.4, 0.5) is 5.69 Å². The zero-order chi connectivity index (χ0) is 12.3. The van der Waals surface area contributed by atoms with Gasteiger partial charge in [-0.1, -0.05) is 37.9 Å². The number of alkyl halides is 1. The summed E-state index contributed by atoms with van der Waals surface area (Å²) in [5.74, 6) is 0. The average molecular weight is 363 g/mol. The maximum Gasteiger partial charge on any atom is 0.0605 e. The van der Waals surface area contributed by atoms with Gasteiger partial charge in [0.2, 0.25) is 0 Å². The van der Waals surface area contributed by atoms with Gasteiger partial charge in [-0.3, -0.25) is 0 Å². The summed E-state index contributed by atoms with van der Waals surface area (Å²) in [4.78, 5) is 2.43. The molecule has 0 saturated carbocycles. The van der Waals surface area contributed by atoms with Crippen LogP contribution in [0.1, 0.15) is 18.4 Å². The Morgan fingerprint density at radius 3 is 2.59 bits per heavy atom. The maximum atomic E-state index is 5.39. The zero-order valence-electron chi connectivity index (χ0n) is 9.96. The van der Waals surface area contributed by atoms with Crippen LogP contribution in [-0.2, 0) is 10.1 Å². The molecule has 1 aromatic rings. The molecule has 1 heterocycles. The Hall–Kier alpha value is -0.0600. The number of halogens is 2. The van der Waals surface area contributed by atoms with Gasteiger partial charge in [0.25, 0.3) is 0 Å². The second-order valence-corrected chi connectivity index (χ2v) is 5.75. The number of piperidine rings is 1. The van der Waals surface area contributed by atoms with E-state index in [2.05, 4.69) is 55.0 Å². The van der Waals surface area contributed by atoms with Gasteiger partial charge in [0.05, 0.1) is 6.10 Å². The standard InChI is InChI=1S/C13H17Br2NO/c1-17-12-4-6-16(7-5-12)11-3-2-10(9-14)13(15)8-11/h2-3,8,12H,4-7,9H2,1H3. The lowest BCUT2D eigenvalue weighted by atomic mass is 10.1. The third kappa shape index (κ3) is 3.24. The van der Waals surface area contributed by atoms with Crippen LogP contribution in [0.25, 0.3) is 0 Å². The van der Waals surface area contributed by atoms with E-state index in [4.69, 9.17) is 4.74 Å². The number of methoxy groups -OCH3 is 1. The van der Waals surface area contributed by atoms with E-state index >= 15 is 0 Å². The van der Waals surface area contributed by atoms with Gasteiger partial charge >= 0.3 is 0 Å². The van der Waals surface area contributed by atoms with E-state index in [1.54, 1.807) is 0 Å². The van der Waals surface area contributed by atoms with E-state index in [9.17, 15) is 0 Å². The van der Waals surface area contributed by atoms with Crippen molar-refractivity contribution < 1.29 is 4.74 Å². The number of ether oxygens (including phenoxy) is 1. The van der Waals surface area contributed by atoms with Gasteiger partial charge in [-0.2, -0.15) is 0 Å². The van der Waals surface area contributed by atoms with Crippen molar-refractivity contribution in [2.24, 2.45) is 0 Å². The average Bonchev–Trinajstić information content (AvgIpc) is 2.39. The van der Waals surface area contributed by atoms with Crippen LogP contribution in [0.15, 0.2) is 22.7 Å². The highest BCUT2D eigenvalue weighted by molar-refractivity contribution is 9.10. The molecule has 0 radical (unpaired) electrons. The number of hydrogen-bond acceptors (Lipinski definition) is 2. The molecule has 0 spiro atoms. The van der Waals surface area contributed by atoms with Gasteiger partial charge in [-0.15, -0.1) is 0 Å². The van der Waals surface area contributed by atoms with E-state index in [-0.39, 0.29) is 0 Å². The van der Waals surface area contributed by atoms with Crippen molar-refractivity contribution in [3.63, 3.8) is 0 Å². The molecule has 0 atom stereocenters. The molecule has 0 N–H and O–H groups in total. The summed E-state index contributed by atoms with van der Waals surface area (Å²) < 4.78 is 6.57. The number of anilines is 1. The Balaban J connectivity index is 2.06. The topological polar surface area (TPSA) is 12.5 Å². The Bertz CT molecular complexity index is 376. The molecule has 0 unspecified atom stereocenters. The molecule has 17 heavy (non-hydrogen) atoms. The third-order valence-electron chi connectivity index (χ3n) is 3.32. The normalized spacial score (nSPS) is 17.5. The number of benzene rings is 1. The largest absolute Gasteiger partial charge is 0.381 e. The highest BCUT2D eigenvalue weighted by Crippen LogP contribution is 2.27. The van der Waals surface area contributed by atoms with Crippen molar-refractivity contribution in [2.75, 3.05) is 25.1 Å². The van der Waals surface area contributed by atoms with Crippen LogP contribution in [0.2, 0.25) is 0 Å². The molecule has 0 aromatic heterocycles. The third-order valence-corrected chi connectivity index (χ3v) is 4.66. The molecule has 1 saturated heterocycles. The molecule has 1 fully saturated rings. The molecule has 1 aliphatic rings. The van der Waals surface area contributed by atoms with E-state index in [1.165, 1.54) is 15.7 Å². The van der Waals surface area contributed by atoms with Gasteiger partial charge in [-0.05, 0) is 30.5 Å². The van der Waals surface area contributed by atoms with Crippen molar-refractivity contribution in [3.8, 4) is 0 Å². The van der Waals surface area contributed by atoms with Crippen LogP contribution in [0.3, 0.4) is 0 Å². The summed E-state index contributed by atoms with van der Waals surface area (Å²) in [5, 5.41) is 0.889. The SMILES string of the molecule is COC1CCN(c2ccc(CBr)c(Br)c2)CC1. The van der Waals surface area contributed by atoms with E-state index < -0.39 is 0 Å². The Kier molecular flexibility index (Phi) is 4.88. The molecular weight excluding hydrogens is 346 g/mol. The van der Waals surface area contributed by atoms with Crippen LogP contribution >= 0.6 is 31.9 Å². The number of hydrogen-bond donors (Lipinski definition) is 0. The van der Waals surface area contributed by atoms with Gasteiger partial charge in [0, 0.05) is 35.7 Å². The van der Waals surface area contributed by atoms with Crippen molar-refractivity contribution >= 4 is 37.5 Å². The lowest BCUT2D eigenvalue weighted by molar-refractivity contribution is 0.0819. The summed E-state index contributed by atoms with van der Waals surface area (Å²) in [6.45, 7) is 2.16. The lowest BCUT2D eigenvalue weighted by Crippen LogP contribution is -2.36. The minimum Gasteiger partial charge on any atom is -0.381 e. The maximum absolute atomic E-state index is 5.39. The quantitative estimate of drug-likeness (QED) is 0.754. The molecule has 94 valence electrons.